The van der Waals surface area contributed by atoms with Gasteiger partial charge in [-0.05, 0) is 107 Å². The van der Waals surface area contributed by atoms with Crippen LogP contribution in [0.25, 0.3) is 11.3 Å². The molecule has 0 aliphatic carbocycles. The number of aryl methyl sites for hydroxylation is 2. The van der Waals surface area contributed by atoms with Crippen molar-refractivity contribution in [2.45, 2.75) is 93.5 Å². The number of carbonyl (C=O) groups excluding carboxylic acids is 4. The first-order chi connectivity index (χ1) is 31.2. The van der Waals surface area contributed by atoms with Gasteiger partial charge in [-0.25, -0.2) is 19.6 Å². The lowest BCUT2D eigenvalue weighted by molar-refractivity contribution is 0.00578. The molecule has 0 unspecified atom stereocenters. The summed E-state index contributed by atoms with van der Waals surface area (Å²) >= 11 is 5.92. The van der Waals surface area contributed by atoms with Crippen LogP contribution in [0.4, 0.5) is 0 Å². The maximum absolute atomic E-state index is 12.5. The maximum Gasteiger partial charge on any atom is 0.498 e. The fourth-order valence-electron chi connectivity index (χ4n) is 6.35. The molecule has 7 rings (SSSR count). The Balaban J connectivity index is 0.000000205. The van der Waals surface area contributed by atoms with Gasteiger partial charge in [0, 0.05) is 31.7 Å². The standard InChI is InChI=1S/C20H27BN2O5.C20H21N3O4S.C6H6BrNOS/c1-7-26-18(24)17-16(21-27-19(2,3)20(4,5)28-21)13-23(22-17)12-14-8-10-15(25-6)11-9-14;1-5-27-20(25)18-16(17-19(12(2)24)28-13(3)21-17)11-23(22-18)10-14-6-8-15(26-4)9-7-14;1-3(9)5-6(7)8-4(2)10-5/h8-11,13H,7,12H2,1-6H3;6-9,11H,5,10H2,1-4H3;1-2H3. The van der Waals surface area contributed by atoms with E-state index in [0.29, 0.717) is 44.2 Å². The number of Topliss-reactive ketones (excluding diaryl/α,β-unsaturated/α-hetero) is 2. The number of benzene rings is 2. The molecule has 20 heteroatoms. The summed E-state index contributed by atoms with van der Waals surface area (Å²) in [5.74, 6) is 0.498. The quantitative estimate of drug-likeness (QED) is 0.0574. The molecule has 1 aliphatic rings. The number of halogens is 1. The highest BCUT2D eigenvalue weighted by molar-refractivity contribution is 9.10. The minimum Gasteiger partial charge on any atom is -0.497 e. The van der Waals surface area contributed by atoms with Crippen LogP contribution in [-0.4, -0.2) is 98.8 Å². The zero-order valence-corrected chi connectivity index (χ0v) is 42.4. The SMILES string of the molecule is CC(=O)c1sc(C)nc1Br.CCOC(=O)c1nn(Cc2ccc(OC)cc2)cc1-c1nc(C)sc1C(C)=O.CCOC(=O)c1nn(Cc2ccc(OC)cc2)cc1B1OC(C)(C)C(C)(C)O1. The Labute approximate surface area is 401 Å². The summed E-state index contributed by atoms with van der Waals surface area (Å²) in [7, 11) is 2.56. The van der Waals surface area contributed by atoms with E-state index in [1.54, 1.807) is 49.8 Å². The molecule has 2 aromatic carbocycles. The number of hydrogen-bond acceptors (Lipinski definition) is 16. The van der Waals surface area contributed by atoms with Gasteiger partial charge in [0.05, 0.1) is 77.9 Å². The van der Waals surface area contributed by atoms with E-state index < -0.39 is 30.3 Å². The molecule has 0 amide bonds. The van der Waals surface area contributed by atoms with E-state index in [1.807, 2.05) is 90.1 Å². The average molecular weight is 1010 g/mol. The summed E-state index contributed by atoms with van der Waals surface area (Å²) in [6.07, 6.45) is 3.52. The highest BCUT2D eigenvalue weighted by Gasteiger charge is 2.53. The molecule has 0 atom stereocenters. The van der Waals surface area contributed by atoms with Gasteiger partial charge in [-0.15, -0.1) is 22.7 Å². The summed E-state index contributed by atoms with van der Waals surface area (Å²) in [6.45, 7) is 19.6. The van der Waals surface area contributed by atoms with Crippen molar-refractivity contribution in [1.29, 1.82) is 0 Å². The smallest absolute Gasteiger partial charge is 0.497 e. The van der Waals surface area contributed by atoms with Crippen molar-refractivity contribution in [2.24, 2.45) is 0 Å². The van der Waals surface area contributed by atoms with Gasteiger partial charge in [0.2, 0.25) is 0 Å². The lowest BCUT2D eigenvalue weighted by atomic mass is 9.79. The first kappa shape index (κ1) is 51.4. The molecule has 0 saturated carbocycles. The lowest BCUT2D eigenvalue weighted by Gasteiger charge is -2.32. The predicted octanol–water partition coefficient (Wildman–Crippen LogP) is 8.58. The Morgan fingerprint density at radius 3 is 1.55 bits per heavy atom. The monoisotopic (exact) mass is 1000 g/mol. The Hall–Kier alpha value is -5.54. The molecule has 6 aromatic rings. The Morgan fingerprint density at radius 2 is 1.12 bits per heavy atom. The van der Waals surface area contributed by atoms with Gasteiger partial charge >= 0.3 is 19.1 Å². The first-order valence-corrected chi connectivity index (χ1v) is 23.4. The van der Waals surface area contributed by atoms with Crippen LogP contribution in [0.2, 0.25) is 0 Å². The van der Waals surface area contributed by atoms with Crippen LogP contribution >= 0.6 is 38.6 Å². The fourth-order valence-corrected chi connectivity index (χ4v) is 8.79. The normalized spacial score (nSPS) is 13.5. The van der Waals surface area contributed by atoms with E-state index in [1.165, 1.54) is 36.5 Å². The molecular formula is C46H54BBrN6O10S2. The fraction of sp³-hybridized carbons (Fsp3) is 0.391. The number of ketones is 2. The summed E-state index contributed by atoms with van der Waals surface area (Å²) < 4.78 is 37.0. The zero-order chi connectivity index (χ0) is 48.5. The molecular weight excluding hydrogens is 951 g/mol. The van der Waals surface area contributed by atoms with E-state index >= 15 is 0 Å². The number of ether oxygens (including phenoxy) is 4. The molecule has 0 bridgehead atoms. The summed E-state index contributed by atoms with van der Waals surface area (Å²) in [6, 6.07) is 15.3. The zero-order valence-electron chi connectivity index (χ0n) is 39.1. The molecule has 16 nitrogen and oxygen atoms in total. The minimum absolute atomic E-state index is 0.0671. The highest BCUT2D eigenvalue weighted by Crippen LogP contribution is 2.37. The molecule has 1 fully saturated rings. The van der Waals surface area contributed by atoms with E-state index in [4.69, 9.17) is 28.3 Å². The van der Waals surface area contributed by atoms with Crippen LogP contribution in [0.15, 0.2) is 65.5 Å². The number of thiazole rings is 2. The Morgan fingerprint density at radius 1 is 0.682 bits per heavy atom. The second-order valence-electron chi connectivity index (χ2n) is 15.8. The topological polar surface area (TPSA) is 185 Å². The molecule has 1 saturated heterocycles. The third-order valence-corrected chi connectivity index (χ3v) is 13.3. The van der Waals surface area contributed by atoms with Crippen molar-refractivity contribution in [3.05, 3.63) is 108 Å². The molecule has 5 heterocycles. The molecule has 350 valence electrons. The Bertz CT molecular complexity index is 2640. The number of hydrogen-bond donors (Lipinski definition) is 0. The second-order valence-corrected chi connectivity index (χ2v) is 19.0. The van der Waals surface area contributed by atoms with Crippen LogP contribution in [0.5, 0.6) is 11.5 Å². The number of rotatable bonds is 14. The van der Waals surface area contributed by atoms with Crippen LogP contribution in [0, 0.1) is 13.8 Å². The molecule has 66 heavy (non-hydrogen) atoms. The van der Waals surface area contributed by atoms with E-state index in [2.05, 4.69) is 36.1 Å². The van der Waals surface area contributed by atoms with E-state index in [9.17, 15) is 19.2 Å². The van der Waals surface area contributed by atoms with Crippen molar-refractivity contribution in [3.8, 4) is 22.8 Å². The maximum atomic E-state index is 12.5. The van der Waals surface area contributed by atoms with Crippen LogP contribution in [-0.2, 0) is 31.9 Å². The first-order valence-electron chi connectivity index (χ1n) is 20.9. The van der Waals surface area contributed by atoms with Crippen molar-refractivity contribution in [2.75, 3.05) is 27.4 Å². The van der Waals surface area contributed by atoms with Crippen molar-refractivity contribution >= 4 is 74.7 Å². The lowest BCUT2D eigenvalue weighted by Crippen LogP contribution is -2.41. The van der Waals surface area contributed by atoms with Crippen molar-refractivity contribution in [1.82, 2.24) is 29.5 Å². The average Bonchev–Trinajstić information content (AvgIpc) is 4.09. The van der Waals surface area contributed by atoms with Gasteiger partial charge in [-0.3, -0.25) is 19.0 Å². The molecule has 4 aromatic heterocycles. The Kier molecular flexibility index (Phi) is 17.4. The van der Waals surface area contributed by atoms with E-state index in [-0.39, 0.29) is 36.2 Å². The van der Waals surface area contributed by atoms with Gasteiger partial charge < -0.3 is 28.3 Å². The summed E-state index contributed by atoms with van der Waals surface area (Å²) in [5, 5.41) is 10.5. The van der Waals surface area contributed by atoms with Gasteiger partial charge in [-0.1, -0.05) is 24.3 Å². The highest BCUT2D eigenvalue weighted by atomic mass is 79.9. The van der Waals surface area contributed by atoms with Crippen LogP contribution in [0.1, 0.15) is 117 Å². The molecule has 0 N–H and O–H groups in total. The number of carbonyl (C=O) groups is 4. The second kappa shape index (κ2) is 22.3. The van der Waals surface area contributed by atoms with E-state index in [0.717, 1.165) is 32.6 Å². The number of esters is 2. The van der Waals surface area contributed by atoms with Crippen LogP contribution < -0.4 is 14.9 Å². The number of nitrogens with zero attached hydrogens (tertiary/aromatic N) is 6. The van der Waals surface area contributed by atoms with Crippen LogP contribution in [0.3, 0.4) is 0 Å². The summed E-state index contributed by atoms with van der Waals surface area (Å²) in [4.78, 5) is 57.5. The number of aromatic nitrogens is 6. The third-order valence-electron chi connectivity index (χ3n) is 10.3. The van der Waals surface area contributed by atoms with Gasteiger partial charge in [-0.2, -0.15) is 10.2 Å². The minimum atomic E-state index is -0.686. The largest absolute Gasteiger partial charge is 0.498 e. The van der Waals surface area contributed by atoms with Crippen molar-refractivity contribution < 1.29 is 47.4 Å². The number of methoxy groups -OCH3 is 2. The third kappa shape index (κ3) is 12.7. The summed E-state index contributed by atoms with van der Waals surface area (Å²) in [5.41, 5.74) is 2.91. The molecule has 0 spiro atoms. The van der Waals surface area contributed by atoms with Gasteiger partial charge in [0.25, 0.3) is 0 Å². The van der Waals surface area contributed by atoms with Gasteiger partial charge in [0.15, 0.2) is 23.0 Å². The molecule has 0 radical (unpaired) electrons. The predicted molar refractivity (Wildman–Crippen MR) is 257 cm³/mol. The van der Waals surface area contributed by atoms with Gasteiger partial charge in [0.1, 0.15) is 21.0 Å². The van der Waals surface area contributed by atoms with Crippen molar-refractivity contribution in [3.63, 3.8) is 0 Å². The molecule has 1 aliphatic heterocycles.